The maximum absolute atomic E-state index is 14.9. The van der Waals surface area contributed by atoms with Crippen molar-refractivity contribution in [3.8, 4) is 17.2 Å². The molecule has 5 bridgehead atoms. The van der Waals surface area contributed by atoms with Crippen molar-refractivity contribution in [1.82, 2.24) is 15.1 Å². The number of phenols is 2. The molecule has 6 N–H and O–H groups in total. The van der Waals surface area contributed by atoms with Gasteiger partial charge in [-0.15, -0.1) is 0 Å². The summed E-state index contributed by atoms with van der Waals surface area (Å²) in [7, 11) is 1.49. The van der Waals surface area contributed by atoms with Gasteiger partial charge in [0, 0.05) is 99.8 Å². The van der Waals surface area contributed by atoms with Crippen LogP contribution in [0.15, 0.2) is 46.1 Å². The predicted octanol–water partition coefficient (Wildman–Crippen LogP) is 4.04. The highest BCUT2D eigenvalue weighted by Gasteiger charge is 2.51. The number of benzene rings is 2. The fraction of sp³-hybridized carbons (Fsp3) is 0.642. The number of carbonyl (C=O) groups is 3. The van der Waals surface area contributed by atoms with Crippen LogP contribution in [0.2, 0.25) is 0 Å². The standard InChI is InChI=1S/C53H76N6O12/c1-29(2)28-59-20-16-53(17-21-59)56-41-38-39-46(63)35(8)49-40(38)50(65)52(9,71-49)69-24-15-36(67-10)32(5)48(70-37(60)27-54-18-12-19-58-22-25-68-26-23-58)34(7)45(62)33(6)44(61)30(3)13-11-14-31(4)51(66)55-43(47(39)64)42(41)57-53/h11,13-15,24,29-30,32-34,36,44-45,48,54,56,61-64H,12,16-23,25-28H2,1-10H3/b13-11+,24-15+,31-14-,55-43?/t30-,32+,33+,34+,36-,44-,45+,48+,52-/m0/s1. The molecule has 0 aromatic heterocycles. The molecular weight excluding hydrogens is 913 g/mol. The van der Waals surface area contributed by atoms with Crippen molar-refractivity contribution >= 4 is 34.1 Å². The summed E-state index contributed by atoms with van der Waals surface area (Å²) >= 11 is 0. The first kappa shape index (κ1) is 53.8. The maximum atomic E-state index is 14.9. The van der Waals surface area contributed by atoms with E-state index in [-0.39, 0.29) is 56.2 Å². The van der Waals surface area contributed by atoms with Crippen molar-refractivity contribution in [2.75, 3.05) is 78.0 Å². The van der Waals surface area contributed by atoms with Crippen molar-refractivity contribution in [2.45, 2.75) is 117 Å². The fourth-order valence-corrected chi connectivity index (χ4v) is 10.7. The van der Waals surface area contributed by atoms with Crippen LogP contribution in [-0.2, 0) is 28.5 Å². The van der Waals surface area contributed by atoms with Gasteiger partial charge in [-0.3, -0.25) is 24.3 Å². The second-order valence-corrected chi connectivity index (χ2v) is 20.8. The number of phenolic OH excluding ortho intramolecular Hbond substituents is 2. The van der Waals surface area contributed by atoms with E-state index in [4.69, 9.17) is 28.7 Å². The summed E-state index contributed by atoms with van der Waals surface area (Å²) < 4.78 is 30.2. The second-order valence-electron chi connectivity index (χ2n) is 20.8. The van der Waals surface area contributed by atoms with Gasteiger partial charge >= 0.3 is 11.8 Å². The summed E-state index contributed by atoms with van der Waals surface area (Å²) in [6, 6.07) is 0. The first-order valence-corrected chi connectivity index (χ1v) is 25.3. The molecule has 2 saturated heterocycles. The predicted molar refractivity (Wildman–Crippen MR) is 267 cm³/mol. The van der Waals surface area contributed by atoms with E-state index in [0.717, 1.165) is 45.7 Å². The molecule has 8 rings (SSSR count). The molecule has 18 nitrogen and oxygen atoms in total. The van der Waals surface area contributed by atoms with Gasteiger partial charge in [-0.2, -0.15) is 0 Å². The third-order valence-electron chi connectivity index (χ3n) is 15.1. The lowest BCUT2D eigenvalue weighted by atomic mass is 9.78. The molecule has 0 unspecified atom stereocenters. The number of ether oxygens (including phenoxy) is 5. The number of allylic oxidation sites excluding steroid dienone is 2. The fourth-order valence-electron chi connectivity index (χ4n) is 10.7. The number of fused-ring (bicyclic) bond motifs is 13. The summed E-state index contributed by atoms with van der Waals surface area (Å²) in [5, 5.41) is 54.5. The lowest BCUT2D eigenvalue weighted by molar-refractivity contribution is -0.162. The van der Waals surface area contributed by atoms with Crippen molar-refractivity contribution < 1.29 is 58.5 Å². The Morgan fingerprint density at radius 2 is 1.65 bits per heavy atom. The Morgan fingerprint density at radius 1 is 0.944 bits per heavy atom. The molecule has 2 fully saturated rings. The van der Waals surface area contributed by atoms with Gasteiger partial charge in [0.05, 0.1) is 61.0 Å². The highest BCUT2D eigenvalue weighted by molar-refractivity contribution is 6.21. The number of rotatable bonds is 10. The van der Waals surface area contributed by atoms with Crippen molar-refractivity contribution in [2.24, 2.45) is 39.6 Å². The van der Waals surface area contributed by atoms with Gasteiger partial charge in [-0.25, -0.2) is 4.99 Å². The SMILES string of the molecule is CO[C@H]1/C=C/O[C@@]2(C)Oc3c(C)c(O)c4c(O)c(c5c(c4c3C2=O)NC2(CCN(CC(C)C)CC2)N=5)=NC(=O)/C(C)=C\C=C\[C@H](C)[C@H](O)[C@@H](C)[C@@H](O)[C@@H](C)[C@H](OC(=O)CNCCCN2CCOCC2)[C@@H]1C. The number of likely N-dealkylation sites (tertiary alicyclic amines) is 1. The van der Waals surface area contributed by atoms with E-state index < -0.39 is 82.9 Å². The minimum Gasteiger partial charge on any atom is -0.507 e. The number of aliphatic hydroxyl groups excluding tert-OH is 2. The zero-order valence-corrected chi connectivity index (χ0v) is 43.1. The summed E-state index contributed by atoms with van der Waals surface area (Å²) in [5.41, 5.74) is -0.134. The third-order valence-corrected chi connectivity index (χ3v) is 15.1. The summed E-state index contributed by atoms with van der Waals surface area (Å²) in [6.45, 7) is 22.9. The maximum Gasteiger partial charge on any atom is 0.320 e. The Balaban J connectivity index is 1.27. The average molecular weight is 989 g/mol. The topological polar surface area (TPSA) is 234 Å². The highest BCUT2D eigenvalue weighted by atomic mass is 16.7. The van der Waals surface area contributed by atoms with Crippen LogP contribution in [0.3, 0.4) is 0 Å². The highest BCUT2D eigenvalue weighted by Crippen LogP contribution is 2.51. The van der Waals surface area contributed by atoms with Crippen LogP contribution in [0.5, 0.6) is 17.2 Å². The molecule has 6 aliphatic heterocycles. The van der Waals surface area contributed by atoms with E-state index in [0.29, 0.717) is 44.2 Å². The normalized spacial score (nSPS) is 31.3. The zero-order valence-electron chi connectivity index (χ0n) is 43.1. The van der Waals surface area contributed by atoms with Gasteiger partial charge in [0.2, 0.25) is 0 Å². The number of anilines is 1. The number of aliphatic hydroxyl groups is 2. The van der Waals surface area contributed by atoms with E-state index in [2.05, 4.69) is 39.3 Å². The van der Waals surface area contributed by atoms with Crippen molar-refractivity contribution in [3.63, 3.8) is 0 Å². The lowest BCUT2D eigenvalue weighted by Crippen LogP contribution is -2.47. The van der Waals surface area contributed by atoms with E-state index in [1.807, 2.05) is 6.92 Å². The van der Waals surface area contributed by atoms with Crippen LogP contribution in [0.1, 0.15) is 90.6 Å². The summed E-state index contributed by atoms with van der Waals surface area (Å²) in [5.74, 6) is -6.72. The zero-order chi connectivity index (χ0) is 51.5. The van der Waals surface area contributed by atoms with E-state index in [1.165, 1.54) is 20.3 Å². The Labute approximate surface area is 416 Å². The van der Waals surface area contributed by atoms with Crippen LogP contribution in [-0.4, -0.2) is 156 Å². The number of nitrogens with one attached hydrogen (secondary N) is 2. The average Bonchev–Trinajstić information content (AvgIpc) is 3.85. The van der Waals surface area contributed by atoms with E-state index in [9.17, 15) is 34.8 Å². The molecule has 0 aliphatic carbocycles. The molecule has 9 atom stereocenters. The molecule has 71 heavy (non-hydrogen) atoms. The Hall–Kier alpha value is -4.95. The first-order chi connectivity index (χ1) is 33.7. The number of hydrogen-bond acceptors (Lipinski definition) is 17. The molecule has 2 aromatic carbocycles. The van der Waals surface area contributed by atoms with Gasteiger partial charge in [0.1, 0.15) is 34.0 Å². The Kier molecular flexibility index (Phi) is 17.0. The quantitative estimate of drug-likeness (QED) is 0.112. The molecule has 2 aromatic rings. The Bertz CT molecular complexity index is 2530. The van der Waals surface area contributed by atoms with E-state index in [1.54, 1.807) is 58.9 Å². The molecular formula is C53H76N6O12. The van der Waals surface area contributed by atoms with Gasteiger partial charge in [0.15, 0.2) is 5.75 Å². The molecule has 0 saturated carbocycles. The minimum absolute atomic E-state index is 0.0508. The number of esters is 1. The number of morpholine rings is 1. The number of ketones is 1. The number of amides is 1. The number of piperidine rings is 1. The molecule has 1 amide bonds. The van der Waals surface area contributed by atoms with E-state index >= 15 is 0 Å². The molecule has 6 aliphatic rings. The van der Waals surface area contributed by atoms with Crippen LogP contribution in [0.25, 0.3) is 10.8 Å². The van der Waals surface area contributed by atoms with Crippen LogP contribution in [0, 0.1) is 36.5 Å². The van der Waals surface area contributed by atoms with Gasteiger partial charge in [0.25, 0.3) is 11.7 Å². The van der Waals surface area contributed by atoms with Gasteiger partial charge in [-0.05, 0) is 45.4 Å². The number of hydrogen-bond donors (Lipinski definition) is 6. The van der Waals surface area contributed by atoms with Crippen LogP contribution in [0.4, 0.5) is 5.69 Å². The lowest BCUT2D eigenvalue weighted by Gasteiger charge is -2.38. The van der Waals surface area contributed by atoms with Gasteiger partial charge < -0.3 is 59.6 Å². The number of methoxy groups -OCH3 is 1. The molecule has 1 spiro atoms. The monoisotopic (exact) mass is 989 g/mol. The molecule has 0 radical (unpaired) electrons. The number of Topliss-reactive ketones (excluding diaryl/α,β-unsaturated/α-hetero) is 1. The summed E-state index contributed by atoms with van der Waals surface area (Å²) in [6.07, 6.45) is 5.80. The van der Waals surface area contributed by atoms with Crippen molar-refractivity contribution in [3.05, 3.63) is 58.0 Å². The smallest absolute Gasteiger partial charge is 0.320 e. The Morgan fingerprint density at radius 3 is 2.32 bits per heavy atom. The van der Waals surface area contributed by atoms with Crippen LogP contribution < -0.4 is 26.1 Å². The molecule has 18 heteroatoms. The van der Waals surface area contributed by atoms with Crippen LogP contribution >= 0.6 is 0 Å². The largest absolute Gasteiger partial charge is 0.507 e. The summed E-state index contributed by atoms with van der Waals surface area (Å²) in [4.78, 5) is 56.8. The molecule has 6 heterocycles. The first-order valence-electron chi connectivity index (χ1n) is 25.3. The second kappa shape index (κ2) is 22.4. The molecule has 390 valence electrons. The minimum atomic E-state index is -1.97. The number of aromatic hydroxyl groups is 2. The number of carbonyl (C=O) groups excluding carboxylic acids is 3. The third kappa shape index (κ3) is 11.3. The number of nitrogens with zero attached hydrogens (tertiary/aromatic N) is 4. The van der Waals surface area contributed by atoms with Gasteiger partial charge in [-0.1, -0.05) is 59.8 Å². The van der Waals surface area contributed by atoms with Crippen molar-refractivity contribution in [1.29, 1.82) is 0 Å².